The van der Waals surface area contributed by atoms with Crippen LogP contribution in [0.25, 0.3) is 0 Å². The van der Waals surface area contributed by atoms with E-state index < -0.39 is 169 Å². The average molecular weight is 1070 g/mol. The van der Waals surface area contributed by atoms with E-state index in [0.29, 0.717) is 0 Å². The van der Waals surface area contributed by atoms with Crippen molar-refractivity contribution in [2.24, 2.45) is 0 Å². The highest BCUT2D eigenvalue weighted by Crippen LogP contribution is 2.34. The first-order valence-corrected chi connectivity index (χ1v) is 24.6. The summed E-state index contributed by atoms with van der Waals surface area (Å²) in [6.07, 6.45) is -24.9. The Labute approximate surface area is 432 Å². The number of aliphatic hydroxyl groups is 6. The molecule has 0 aromatic rings. The predicted molar refractivity (Wildman–Crippen MR) is 258 cm³/mol. The monoisotopic (exact) mass is 1070 g/mol. The minimum absolute atomic E-state index is 0.0956. The quantitative estimate of drug-likeness (QED) is 0.0988. The first-order valence-electron chi connectivity index (χ1n) is 24.6. The maximum atomic E-state index is 13.9. The maximum Gasteiger partial charge on any atom is 0.408 e. The Morgan fingerprint density at radius 2 is 0.946 bits per heavy atom. The molecule has 27 nitrogen and oxygen atoms in total. The van der Waals surface area contributed by atoms with Gasteiger partial charge in [-0.3, -0.25) is 4.79 Å². The van der Waals surface area contributed by atoms with Crippen molar-refractivity contribution in [1.29, 1.82) is 0 Å². The van der Waals surface area contributed by atoms with Crippen molar-refractivity contribution in [1.82, 2.24) is 31.9 Å². The van der Waals surface area contributed by atoms with Gasteiger partial charge in [-0.05, 0) is 123 Å². The summed E-state index contributed by atoms with van der Waals surface area (Å²) in [5.74, 6) is -1.20. The number of ether oxygens (including phenoxy) is 9. The fourth-order valence-corrected chi connectivity index (χ4v) is 7.71. The Morgan fingerprint density at radius 3 is 1.43 bits per heavy atom. The minimum atomic E-state index is -2.17. The van der Waals surface area contributed by atoms with E-state index in [1.165, 1.54) is 0 Å². The van der Waals surface area contributed by atoms with Gasteiger partial charge in [-0.15, -0.1) is 0 Å². The standard InChI is InChI=1S/C47H84N6O21/c1-43(2,3)70-38(61)48-19-18-24(55)35(60)51-27-30(57)28(53-42(65)74-47(13,14)15)34(32(59)33(27)69-37-31(58)26(29(56)25(21-54)67-37)52-41(64)73-46(10,11)12)68-36-23(50-40(63)72-45(7,8)9)17-16-22(66-36)20-49-39(62)71-44(4,5)6/h22-34,36-37,54-59H,16-21H2,1-15H3,(H,48,61)(H,49,62)(H,50,63)(H,51,60)(H,52,64)(H,53,65)/t22?,23?,24-,25?,26-,27+,28-,29+,30?,31?,32?,33-,34?,36+,37+/m0/s1. The lowest BCUT2D eigenvalue weighted by Crippen LogP contribution is -2.75. The van der Waals surface area contributed by atoms with Gasteiger partial charge in [-0.2, -0.15) is 0 Å². The number of aliphatic hydroxyl groups excluding tert-OH is 6. The summed E-state index contributed by atoms with van der Waals surface area (Å²) in [5, 5.41) is 84.2. The summed E-state index contributed by atoms with van der Waals surface area (Å²) in [6, 6.07) is -6.50. The van der Waals surface area contributed by atoms with E-state index in [0.717, 1.165) is 0 Å². The Hall–Kier alpha value is -4.58. The van der Waals surface area contributed by atoms with Crippen LogP contribution in [-0.2, 0) is 47.4 Å². The number of nitrogens with one attached hydrogen (secondary N) is 6. The van der Waals surface area contributed by atoms with Crippen LogP contribution in [-0.4, -0.2) is 206 Å². The normalized spacial score (nSPS) is 30.3. The molecule has 15 atom stereocenters. The summed E-state index contributed by atoms with van der Waals surface area (Å²) >= 11 is 0. The maximum absolute atomic E-state index is 13.9. The Balaban J connectivity index is 2.17. The van der Waals surface area contributed by atoms with Crippen LogP contribution in [0.5, 0.6) is 0 Å². The molecule has 3 fully saturated rings. The molecule has 0 bridgehead atoms. The van der Waals surface area contributed by atoms with Crippen LogP contribution in [0.2, 0.25) is 0 Å². The fraction of sp³-hybridized carbons (Fsp3) is 0.872. The van der Waals surface area contributed by atoms with Gasteiger partial charge in [0.1, 0.15) is 70.7 Å². The molecule has 2 heterocycles. The fourth-order valence-electron chi connectivity index (χ4n) is 7.71. The lowest BCUT2D eigenvalue weighted by molar-refractivity contribution is -0.322. The molecule has 3 rings (SSSR count). The molecule has 7 unspecified atom stereocenters. The van der Waals surface area contributed by atoms with Gasteiger partial charge >= 0.3 is 30.5 Å². The zero-order chi connectivity index (χ0) is 56.5. The highest BCUT2D eigenvalue weighted by molar-refractivity contribution is 5.81. The molecule has 74 heavy (non-hydrogen) atoms. The van der Waals surface area contributed by atoms with Crippen molar-refractivity contribution >= 4 is 36.4 Å². The molecule has 27 heteroatoms. The zero-order valence-corrected chi connectivity index (χ0v) is 45.2. The van der Waals surface area contributed by atoms with Crippen LogP contribution < -0.4 is 31.9 Å². The number of carbonyl (C=O) groups excluding carboxylic acids is 6. The number of hydrogen-bond donors (Lipinski definition) is 12. The second-order valence-electron chi connectivity index (χ2n) is 23.3. The van der Waals surface area contributed by atoms with Gasteiger partial charge in [-0.25, -0.2) is 24.0 Å². The SMILES string of the molecule is CC(C)(C)OC(=O)NCC[C@H](O)C(=O)N[C@@H]1C(O)[C@H](NC(=O)OC(C)(C)C)C(O[C@H]2OC(CNC(=O)OC(C)(C)C)CCC2NC(=O)OC(C)(C)C)C(O)[C@H]1O[C@H]1OC(CO)[C@@H](O)[C@H](NC(=O)OC(C)(C)C)C1O. The van der Waals surface area contributed by atoms with E-state index in [4.69, 9.17) is 42.6 Å². The Morgan fingerprint density at radius 1 is 0.514 bits per heavy atom. The Bertz CT molecular complexity index is 1880. The largest absolute Gasteiger partial charge is 0.444 e. The molecular formula is C47H84N6O21. The van der Waals surface area contributed by atoms with Crippen LogP contribution in [0.3, 0.4) is 0 Å². The molecule has 428 valence electrons. The van der Waals surface area contributed by atoms with Crippen molar-refractivity contribution < 1.29 is 102 Å². The van der Waals surface area contributed by atoms with Gasteiger partial charge in [0.05, 0.1) is 43.0 Å². The van der Waals surface area contributed by atoms with Crippen LogP contribution in [0.4, 0.5) is 24.0 Å². The van der Waals surface area contributed by atoms with Crippen LogP contribution in [0.15, 0.2) is 0 Å². The number of alkyl carbamates (subject to hydrolysis) is 5. The number of amides is 6. The second-order valence-corrected chi connectivity index (χ2v) is 23.3. The number of rotatable bonds is 15. The minimum Gasteiger partial charge on any atom is -0.444 e. The van der Waals surface area contributed by atoms with E-state index in [9.17, 15) is 59.4 Å². The summed E-state index contributed by atoms with van der Waals surface area (Å²) in [6.45, 7) is 22.7. The van der Waals surface area contributed by atoms with E-state index in [2.05, 4.69) is 31.9 Å². The molecule has 0 spiro atoms. The van der Waals surface area contributed by atoms with Crippen molar-refractivity contribution in [3.63, 3.8) is 0 Å². The lowest BCUT2D eigenvalue weighted by Gasteiger charge is -2.51. The molecule has 0 aromatic carbocycles. The third kappa shape index (κ3) is 21.2. The number of carbonyl (C=O) groups is 6. The molecule has 6 amide bonds. The van der Waals surface area contributed by atoms with E-state index in [-0.39, 0.29) is 25.9 Å². The molecule has 3 aliphatic rings. The summed E-state index contributed by atoms with van der Waals surface area (Å²) < 4.78 is 51.7. The smallest absolute Gasteiger partial charge is 0.408 e. The van der Waals surface area contributed by atoms with Crippen molar-refractivity contribution in [3.05, 3.63) is 0 Å². The van der Waals surface area contributed by atoms with E-state index in [1.807, 2.05) is 0 Å². The van der Waals surface area contributed by atoms with Gasteiger partial charge in [0.2, 0.25) is 5.91 Å². The van der Waals surface area contributed by atoms with Gasteiger partial charge in [0, 0.05) is 13.1 Å². The summed E-state index contributed by atoms with van der Waals surface area (Å²) in [7, 11) is 0. The van der Waals surface area contributed by atoms with Gasteiger partial charge < -0.3 is 105 Å². The first kappa shape index (κ1) is 63.7. The lowest BCUT2D eigenvalue weighted by atomic mass is 9.80. The molecule has 12 N–H and O–H groups in total. The van der Waals surface area contributed by atoms with Gasteiger partial charge in [-0.1, -0.05) is 0 Å². The molecule has 1 aliphatic carbocycles. The second kappa shape index (κ2) is 26.0. The molecular weight excluding hydrogens is 985 g/mol. The molecule has 0 radical (unpaired) electrons. The first-order chi connectivity index (χ1) is 33.8. The van der Waals surface area contributed by atoms with Crippen molar-refractivity contribution in [2.75, 3.05) is 19.7 Å². The van der Waals surface area contributed by atoms with Crippen LogP contribution in [0, 0.1) is 0 Å². The van der Waals surface area contributed by atoms with Crippen LogP contribution >= 0.6 is 0 Å². The van der Waals surface area contributed by atoms with Crippen molar-refractivity contribution in [2.45, 2.75) is 243 Å². The molecule has 0 aromatic heterocycles. The average Bonchev–Trinajstić information content (AvgIpc) is 3.21. The van der Waals surface area contributed by atoms with Crippen LogP contribution in [0.1, 0.15) is 123 Å². The summed E-state index contributed by atoms with van der Waals surface area (Å²) in [4.78, 5) is 78.7. The van der Waals surface area contributed by atoms with Gasteiger partial charge in [0.25, 0.3) is 0 Å². The third-order valence-electron chi connectivity index (χ3n) is 10.7. The van der Waals surface area contributed by atoms with Gasteiger partial charge in [0.15, 0.2) is 12.6 Å². The molecule has 1 saturated carbocycles. The predicted octanol–water partition coefficient (Wildman–Crippen LogP) is 0.401. The molecule has 2 aliphatic heterocycles. The number of hydrogen-bond acceptors (Lipinski definition) is 21. The van der Waals surface area contributed by atoms with Crippen molar-refractivity contribution in [3.8, 4) is 0 Å². The highest BCUT2D eigenvalue weighted by Gasteiger charge is 2.57. The highest BCUT2D eigenvalue weighted by atomic mass is 16.7. The zero-order valence-electron chi connectivity index (χ0n) is 45.2. The molecule has 2 saturated heterocycles. The third-order valence-corrected chi connectivity index (χ3v) is 10.7. The van der Waals surface area contributed by atoms with E-state index >= 15 is 0 Å². The summed E-state index contributed by atoms with van der Waals surface area (Å²) in [5.41, 5.74) is -4.86. The topological polar surface area (TPSA) is 379 Å². The Kier molecular flexibility index (Phi) is 22.4. The van der Waals surface area contributed by atoms with E-state index in [1.54, 1.807) is 104 Å².